The molecule has 1 rings (SSSR count). The number of amides is 2. The van der Waals surface area contributed by atoms with E-state index in [1.54, 1.807) is 0 Å². The summed E-state index contributed by atoms with van der Waals surface area (Å²) in [6.45, 7) is 3.56. The van der Waals surface area contributed by atoms with E-state index in [0.717, 1.165) is 19.3 Å². The van der Waals surface area contributed by atoms with E-state index in [-0.39, 0.29) is 44.3 Å². The van der Waals surface area contributed by atoms with Crippen LogP contribution in [-0.4, -0.2) is 74.7 Å². The molecule has 9 nitrogen and oxygen atoms in total. The Labute approximate surface area is 204 Å². The second-order valence-corrected chi connectivity index (χ2v) is 8.71. The van der Waals surface area contributed by atoms with Gasteiger partial charge in [-0.3, -0.25) is 19.2 Å². The number of piperazine rings is 1. The fourth-order valence-corrected chi connectivity index (χ4v) is 3.87. The zero-order valence-corrected chi connectivity index (χ0v) is 21.1. The van der Waals surface area contributed by atoms with E-state index in [1.807, 2.05) is 0 Å². The Bertz CT molecular complexity index is 612. The molecular formula is C25H44N2O7. The number of nitrogens with zero attached hydrogens (tertiary/aromatic N) is 1. The zero-order chi connectivity index (χ0) is 25.0. The minimum Gasteiger partial charge on any atom is -0.466 e. The minimum absolute atomic E-state index is 0.0801. The highest BCUT2D eigenvalue weighted by Gasteiger charge is 2.35. The molecule has 0 spiro atoms. The maximum Gasteiger partial charge on any atom is 0.308 e. The topological polar surface area (TPSA) is 111 Å². The van der Waals surface area contributed by atoms with Crippen molar-refractivity contribution in [2.45, 2.75) is 96.4 Å². The van der Waals surface area contributed by atoms with E-state index in [1.165, 1.54) is 57.0 Å². The molecule has 0 bridgehead atoms. The van der Waals surface area contributed by atoms with Crippen LogP contribution in [0.2, 0.25) is 0 Å². The number of carbonyl (C=O) groups excluding carboxylic acids is 4. The van der Waals surface area contributed by atoms with E-state index >= 15 is 0 Å². The smallest absolute Gasteiger partial charge is 0.308 e. The number of rotatable bonds is 19. The fraction of sp³-hybridized carbons (Fsp3) is 0.840. The summed E-state index contributed by atoms with van der Waals surface area (Å²) < 4.78 is 15.1. The fourth-order valence-electron chi connectivity index (χ4n) is 3.87. The van der Waals surface area contributed by atoms with Gasteiger partial charge >= 0.3 is 11.9 Å². The normalized spacial score (nSPS) is 15.6. The van der Waals surface area contributed by atoms with Gasteiger partial charge < -0.3 is 24.4 Å². The average molecular weight is 485 g/mol. The van der Waals surface area contributed by atoms with Crippen LogP contribution in [0.15, 0.2) is 0 Å². The molecule has 9 heteroatoms. The molecule has 1 saturated heterocycles. The molecule has 1 atom stereocenters. The van der Waals surface area contributed by atoms with Crippen LogP contribution < -0.4 is 5.32 Å². The first-order valence-electron chi connectivity index (χ1n) is 12.9. The lowest BCUT2D eigenvalue weighted by atomic mass is 10.1. The predicted octanol–water partition coefficient (Wildman–Crippen LogP) is 3.14. The molecular weight excluding hydrogens is 440 g/mol. The first-order chi connectivity index (χ1) is 16.5. The highest BCUT2D eigenvalue weighted by atomic mass is 16.6. The summed E-state index contributed by atoms with van der Waals surface area (Å²) in [5, 5.41) is 2.69. The molecule has 1 fully saturated rings. The molecule has 196 valence electrons. The molecule has 1 unspecified atom stereocenters. The SMILES string of the molecule is CCCCCCCCCCCCOC(=O)CC1C(=O)NCCN1C(=O)CCC(=O)OCCOC. The summed E-state index contributed by atoms with van der Waals surface area (Å²) >= 11 is 0. The summed E-state index contributed by atoms with van der Waals surface area (Å²) in [5.41, 5.74) is 0. The molecule has 0 aromatic heterocycles. The van der Waals surface area contributed by atoms with Crippen LogP contribution in [0, 0.1) is 0 Å². The van der Waals surface area contributed by atoms with E-state index < -0.39 is 18.0 Å². The third kappa shape index (κ3) is 13.5. The molecule has 34 heavy (non-hydrogen) atoms. The lowest BCUT2D eigenvalue weighted by Gasteiger charge is -2.34. The number of nitrogens with one attached hydrogen (secondary N) is 1. The molecule has 0 radical (unpaired) electrons. The van der Waals surface area contributed by atoms with Crippen molar-refractivity contribution < 1.29 is 33.4 Å². The van der Waals surface area contributed by atoms with E-state index in [4.69, 9.17) is 14.2 Å². The number of ether oxygens (including phenoxy) is 3. The summed E-state index contributed by atoms with van der Waals surface area (Å²) in [6, 6.07) is -0.911. The van der Waals surface area contributed by atoms with Crippen LogP contribution in [-0.2, 0) is 33.4 Å². The summed E-state index contributed by atoms with van der Waals surface area (Å²) in [6.07, 6.45) is 11.6. The van der Waals surface area contributed by atoms with Crippen molar-refractivity contribution >= 4 is 23.8 Å². The van der Waals surface area contributed by atoms with Gasteiger partial charge in [-0.2, -0.15) is 0 Å². The lowest BCUT2D eigenvalue weighted by Crippen LogP contribution is -2.57. The van der Waals surface area contributed by atoms with Crippen molar-refractivity contribution in [2.24, 2.45) is 0 Å². The Hall–Kier alpha value is -2.16. The summed E-state index contributed by atoms with van der Waals surface area (Å²) in [7, 11) is 1.50. The van der Waals surface area contributed by atoms with Gasteiger partial charge in [0.15, 0.2) is 0 Å². The highest BCUT2D eigenvalue weighted by Crippen LogP contribution is 2.14. The van der Waals surface area contributed by atoms with Gasteiger partial charge in [0.05, 0.1) is 26.1 Å². The Morgan fingerprint density at radius 3 is 2.12 bits per heavy atom. The summed E-state index contributed by atoms with van der Waals surface area (Å²) in [4.78, 5) is 50.2. The monoisotopic (exact) mass is 484 g/mol. The van der Waals surface area contributed by atoms with Crippen molar-refractivity contribution in [1.82, 2.24) is 10.2 Å². The number of esters is 2. The van der Waals surface area contributed by atoms with Gasteiger partial charge in [-0.05, 0) is 6.42 Å². The minimum atomic E-state index is -0.911. The average Bonchev–Trinajstić information content (AvgIpc) is 2.82. The van der Waals surface area contributed by atoms with Gasteiger partial charge in [0.25, 0.3) is 0 Å². The van der Waals surface area contributed by atoms with Gasteiger partial charge in [-0.25, -0.2) is 0 Å². The standard InChI is InChI=1S/C25H44N2O7/c1-3-4-5-6-7-8-9-10-11-12-17-33-24(30)20-21-25(31)26-15-16-27(21)22(28)13-14-23(29)34-19-18-32-2/h21H,3-20H2,1-2H3,(H,26,31). The zero-order valence-electron chi connectivity index (χ0n) is 21.1. The van der Waals surface area contributed by atoms with Crippen molar-refractivity contribution in [1.29, 1.82) is 0 Å². The first-order valence-corrected chi connectivity index (χ1v) is 12.9. The quantitative estimate of drug-likeness (QED) is 0.221. The molecule has 1 aliphatic heterocycles. The highest BCUT2D eigenvalue weighted by molar-refractivity contribution is 5.92. The van der Waals surface area contributed by atoms with Crippen LogP contribution in [0.5, 0.6) is 0 Å². The van der Waals surface area contributed by atoms with Gasteiger partial charge in [0, 0.05) is 26.6 Å². The number of hydrogen-bond acceptors (Lipinski definition) is 7. The Balaban J connectivity index is 2.26. The van der Waals surface area contributed by atoms with Crippen molar-refractivity contribution in [3.05, 3.63) is 0 Å². The molecule has 1 N–H and O–H groups in total. The largest absolute Gasteiger partial charge is 0.466 e. The predicted molar refractivity (Wildman–Crippen MR) is 128 cm³/mol. The van der Waals surface area contributed by atoms with Gasteiger partial charge in [-0.15, -0.1) is 0 Å². The van der Waals surface area contributed by atoms with Crippen LogP contribution in [0.1, 0.15) is 90.4 Å². The van der Waals surface area contributed by atoms with E-state index in [0.29, 0.717) is 19.7 Å². The van der Waals surface area contributed by atoms with E-state index in [9.17, 15) is 19.2 Å². The van der Waals surface area contributed by atoms with Crippen LogP contribution in [0.3, 0.4) is 0 Å². The first kappa shape index (κ1) is 29.9. The molecule has 0 aromatic carbocycles. The molecule has 1 heterocycles. The Kier molecular flexibility index (Phi) is 16.8. The Morgan fingerprint density at radius 2 is 1.47 bits per heavy atom. The van der Waals surface area contributed by atoms with E-state index in [2.05, 4.69) is 12.2 Å². The van der Waals surface area contributed by atoms with Crippen LogP contribution >= 0.6 is 0 Å². The molecule has 0 saturated carbocycles. The van der Waals surface area contributed by atoms with Gasteiger partial charge in [0.2, 0.25) is 11.8 Å². The maximum atomic E-state index is 12.6. The number of carbonyl (C=O) groups is 4. The molecule has 1 aliphatic rings. The summed E-state index contributed by atoms with van der Waals surface area (Å²) in [5.74, 6) is -1.72. The second-order valence-electron chi connectivity index (χ2n) is 8.71. The molecule has 2 amide bonds. The third-order valence-electron chi connectivity index (χ3n) is 5.87. The van der Waals surface area contributed by atoms with Crippen LogP contribution in [0.4, 0.5) is 0 Å². The lowest BCUT2D eigenvalue weighted by molar-refractivity contribution is -0.153. The number of unbranched alkanes of at least 4 members (excludes halogenated alkanes) is 9. The third-order valence-corrected chi connectivity index (χ3v) is 5.87. The second kappa shape index (κ2) is 19.2. The van der Waals surface area contributed by atoms with Gasteiger partial charge in [-0.1, -0.05) is 64.7 Å². The van der Waals surface area contributed by atoms with Crippen molar-refractivity contribution in [3.63, 3.8) is 0 Å². The maximum absolute atomic E-state index is 12.6. The number of hydrogen-bond donors (Lipinski definition) is 1. The molecule has 0 aromatic rings. The van der Waals surface area contributed by atoms with Crippen molar-refractivity contribution in [3.8, 4) is 0 Å². The van der Waals surface area contributed by atoms with Gasteiger partial charge in [0.1, 0.15) is 12.6 Å². The van der Waals surface area contributed by atoms with Crippen molar-refractivity contribution in [2.75, 3.05) is 40.0 Å². The Morgan fingerprint density at radius 1 is 0.853 bits per heavy atom. The van der Waals surface area contributed by atoms with Crippen LogP contribution in [0.25, 0.3) is 0 Å². The number of methoxy groups -OCH3 is 1. The molecule has 0 aliphatic carbocycles.